The highest BCUT2D eigenvalue weighted by Crippen LogP contribution is 2.36. The van der Waals surface area contributed by atoms with Gasteiger partial charge in [-0.2, -0.15) is 0 Å². The summed E-state index contributed by atoms with van der Waals surface area (Å²) in [7, 11) is 0. The summed E-state index contributed by atoms with van der Waals surface area (Å²) < 4.78 is 0. The van der Waals surface area contributed by atoms with Crippen LogP contribution in [0.4, 0.5) is 0 Å². The lowest BCUT2D eigenvalue weighted by Gasteiger charge is -2.34. The third-order valence-electron chi connectivity index (χ3n) is 4.61. The van der Waals surface area contributed by atoms with Crippen molar-refractivity contribution in [1.29, 1.82) is 0 Å². The Balaban J connectivity index is 1.66. The average molecular weight is 262 g/mol. The summed E-state index contributed by atoms with van der Waals surface area (Å²) in [6.45, 7) is 10.2. The van der Waals surface area contributed by atoms with Crippen LogP contribution in [-0.2, 0) is 5.41 Å². The fourth-order valence-corrected chi connectivity index (χ4v) is 3.11. The summed E-state index contributed by atoms with van der Waals surface area (Å²) in [5.41, 5.74) is 1.47. The molecule has 2 heterocycles. The van der Waals surface area contributed by atoms with Gasteiger partial charge >= 0.3 is 0 Å². The summed E-state index contributed by atoms with van der Waals surface area (Å²) in [6, 6.07) is 0. The van der Waals surface area contributed by atoms with Crippen molar-refractivity contribution in [3.63, 3.8) is 0 Å². The number of rotatable bonds is 4. The van der Waals surface area contributed by atoms with E-state index < -0.39 is 0 Å². The Hall–Kier alpha value is -0.870. The molecule has 2 aliphatic rings. The molecule has 1 aliphatic heterocycles. The molecule has 0 bridgehead atoms. The van der Waals surface area contributed by atoms with Gasteiger partial charge in [0.15, 0.2) is 0 Å². The molecule has 0 amide bonds. The lowest BCUT2D eigenvalue weighted by atomic mass is 9.83. The van der Waals surface area contributed by atoms with Crippen molar-refractivity contribution in [3.8, 4) is 0 Å². The zero-order chi connectivity index (χ0) is 13.3. The van der Waals surface area contributed by atoms with E-state index in [-0.39, 0.29) is 5.41 Å². The number of hydrogen-bond donors (Lipinski definition) is 2. The molecule has 1 aromatic heterocycles. The van der Waals surface area contributed by atoms with Crippen molar-refractivity contribution < 1.29 is 0 Å². The Labute approximate surface area is 116 Å². The van der Waals surface area contributed by atoms with E-state index in [4.69, 9.17) is 0 Å². The Bertz CT molecular complexity index is 414. The molecule has 0 aromatic carbocycles. The van der Waals surface area contributed by atoms with E-state index in [1.165, 1.54) is 25.0 Å². The zero-order valence-corrected chi connectivity index (χ0v) is 12.2. The minimum atomic E-state index is 0.110. The molecule has 1 aliphatic carbocycles. The first-order valence-electron chi connectivity index (χ1n) is 7.63. The van der Waals surface area contributed by atoms with Gasteiger partial charge in [0.25, 0.3) is 0 Å². The lowest BCUT2D eigenvalue weighted by Crippen LogP contribution is -2.48. The number of H-pyrrole nitrogens is 1. The Morgan fingerprint density at radius 2 is 2.05 bits per heavy atom. The molecule has 19 heavy (non-hydrogen) atoms. The second-order valence-electron chi connectivity index (χ2n) is 6.73. The summed E-state index contributed by atoms with van der Waals surface area (Å²) in [4.78, 5) is 10.8. The monoisotopic (exact) mass is 262 g/mol. The standard InChI is InChI=1S/C15H26N4/c1-15(2,11-19-8-6-16-7-9-19)14-17-10-13(18-14)12-4-3-5-12/h10,12,16H,3-9,11H2,1-2H3,(H,17,18). The largest absolute Gasteiger partial charge is 0.345 e. The molecule has 4 heteroatoms. The highest BCUT2D eigenvalue weighted by atomic mass is 15.2. The second kappa shape index (κ2) is 5.25. The number of hydrogen-bond acceptors (Lipinski definition) is 3. The van der Waals surface area contributed by atoms with Gasteiger partial charge < -0.3 is 10.3 Å². The van der Waals surface area contributed by atoms with Gasteiger partial charge in [0.05, 0.1) is 0 Å². The quantitative estimate of drug-likeness (QED) is 0.870. The number of aromatic nitrogens is 2. The number of aromatic amines is 1. The fourth-order valence-electron chi connectivity index (χ4n) is 3.11. The summed E-state index contributed by atoms with van der Waals surface area (Å²) >= 11 is 0. The molecule has 1 aromatic rings. The van der Waals surface area contributed by atoms with Crippen molar-refractivity contribution in [2.24, 2.45) is 0 Å². The maximum absolute atomic E-state index is 4.66. The van der Waals surface area contributed by atoms with Gasteiger partial charge in [-0.1, -0.05) is 20.3 Å². The molecule has 2 fully saturated rings. The average Bonchev–Trinajstić information content (AvgIpc) is 2.77. The van der Waals surface area contributed by atoms with Gasteiger partial charge in [-0.25, -0.2) is 4.98 Å². The van der Waals surface area contributed by atoms with Crippen LogP contribution in [0.2, 0.25) is 0 Å². The van der Waals surface area contributed by atoms with Gasteiger partial charge in [-0.15, -0.1) is 0 Å². The maximum Gasteiger partial charge on any atom is 0.113 e. The predicted molar refractivity (Wildman–Crippen MR) is 77.5 cm³/mol. The van der Waals surface area contributed by atoms with E-state index in [1.807, 2.05) is 0 Å². The van der Waals surface area contributed by atoms with Crippen LogP contribution in [0, 0.1) is 0 Å². The van der Waals surface area contributed by atoms with Gasteiger partial charge in [0.2, 0.25) is 0 Å². The van der Waals surface area contributed by atoms with Crippen LogP contribution in [-0.4, -0.2) is 47.6 Å². The topological polar surface area (TPSA) is 44.0 Å². The summed E-state index contributed by atoms with van der Waals surface area (Å²) in [5.74, 6) is 1.91. The SMILES string of the molecule is CC(C)(CN1CCNCC1)c1ncc(C2CCC2)[nH]1. The normalized spacial score (nSPS) is 22.4. The summed E-state index contributed by atoms with van der Waals surface area (Å²) in [6.07, 6.45) is 6.11. The zero-order valence-electron chi connectivity index (χ0n) is 12.2. The van der Waals surface area contributed by atoms with Crippen LogP contribution in [0.3, 0.4) is 0 Å². The highest BCUT2D eigenvalue weighted by Gasteiger charge is 2.29. The number of imidazole rings is 1. The van der Waals surface area contributed by atoms with Crippen molar-refractivity contribution >= 4 is 0 Å². The maximum atomic E-state index is 4.66. The van der Waals surface area contributed by atoms with Crippen LogP contribution >= 0.6 is 0 Å². The number of nitrogens with one attached hydrogen (secondary N) is 2. The Morgan fingerprint density at radius 1 is 1.32 bits per heavy atom. The molecular weight excluding hydrogens is 236 g/mol. The van der Waals surface area contributed by atoms with Gasteiger partial charge in [0, 0.05) is 55.9 Å². The van der Waals surface area contributed by atoms with Crippen LogP contribution in [0.15, 0.2) is 6.20 Å². The predicted octanol–water partition coefficient (Wildman–Crippen LogP) is 1.86. The lowest BCUT2D eigenvalue weighted by molar-refractivity contribution is 0.196. The van der Waals surface area contributed by atoms with Crippen molar-refractivity contribution in [2.75, 3.05) is 32.7 Å². The van der Waals surface area contributed by atoms with Crippen LogP contribution in [0.1, 0.15) is 50.5 Å². The van der Waals surface area contributed by atoms with E-state index in [1.54, 1.807) is 0 Å². The molecule has 0 spiro atoms. The third-order valence-corrected chi connectivity index (χ3v) is 4.61. The van der Waals surface area contributed by atoms with Crippen LogP contribution < -0.4 is 5.32 Å². The fraction of sp³-hybridized carbons (Fsp3) is 0.800. The second-order valence-corrected chi connectivity index (χ2v) is 6.73. The Morgan fingerprint density at radius 3 is 2.68 bits per heavy atom. The first-order valence-corrected chi connectivity index (χ1v) is 7.63. The molecule has 4 nitrogen and oxygen atoms in total. The van der Waals surface area contributed by atoms with E-state index >= 15 is 0 Å². The molecule has 106 valence electrons. The minimum absolute atomic E-state index is 0.110. The van der Waals surface area contributed by atoms with Crippen LogP contribution in [0.25, 0.3) is 0 Å². The molecule has 3 rings (SSSR count). The molecular formula is C15H26N4. The molecule has 0 radical (unpaired) electrons. The smallest absolute Gasteiger partial charge is 0.113 e. The molecule has 2 N–H and O–H groups in total. The number of nitrogens with zero attached hydrogens (tertiary/aromatic N) is 2. The van der Waals surface area contributed by atoms with E-state index in [0.29, 0.717) is 0 Å². The van der Waals surface area contributed by atoms with E-state index in [2.05, 4.69) is 40.2 Å². The van der Waals surface area contributed by atoms with E-state index in [9.17, 15) is 0 Å². The first kappa shape index (κ1) is 13.1. The van der Waals surface area contributed by atoms with Crippen molar-refractivity contribution in [2.45, 2.75) is 44.4 Å². The number of piperazine rings is 1. The highest BCUT2D eigenvalue weighted by molar-refractivity contribution is 5.15. The van der Waals surface area contributed by atoms with E-state index in [0.717, 1.165) is 44.5 Å². The van der Waals surface area contributed by atoms with Gasteiger partial charge in [0.1, 0.15) is 5.82 Å². The third kappa shape index (κ3) is 2.84. The van der Waals surface area contributed by atoms with Gasteiger partial charge in [-0.3, -0.25) is 4.90 Å². The molecule has 1 saturated carbocycles. The summed E-state index contributed by atoms with van der Waals surface area (Å²) in [5, 5.41) is 3.41. The van der Waals surface area contributed by atoms with Crippen molar-refractivity contribution in [3.05, 3.63) is 17.7 Å². The van der Waals surface area contributed by atoms with Gasteiger partial charge in [-0.05, 0) is 12.8 Å². The molecule has 0 atom stereocenters. The molecule has 1 saturated heterocycles. The van der Waals surface area contributed by atoms with Crippen molar-refractivity contribution in [1.82, 2.24) is 20.2 Å². The molecule has 0 unspecified atom stereocenters. The minimum Gasteiger partial charge on any atom is -0.345 e. The first-order chi connectivity index (χ1) is 9.15. The van der Waals surface area contributed by atoms with Crippen LogP contribution in [0.5, 0.6) is 0 Å². The Kier molecular flexibility index (Phi) is 3.63.